The molecule has 1 aromatic rings. The quantitative estimate of drug-likeness (QED) is 0.752. The van der Waals surface area contributed by atoms with Crippen molar-refractivity contribution in [3.63, 3.8) is 0 Å². The highest BCUT2D eigenvalue weighted by Crippen LogP contribution is 2.36. The number of hydrogen-bond donors (Lipinski definition) is 1. The Morgan fingerprint density at radius 2 is 2.44 bits per heavy atom. The van der Waals surface area contributed by atoms with Gasteiger partial charge < -0.3 is 10.5 Å². The molecule has 0 saturated carbocycles. The van der Waals surface area contributed by atoms with Crippen LogP contribution in [-0.2, 0) is 22.4 Å². The lowest BCUT2D eigenvalue weighted by molar-refractivity contribution is -0.146. The van der Waals surface area contributed by atoms with E-state index in [0.717, 1.165) is 23.3 Å². The molecule has 2 rings (SSSR count). The molecule has 5 heteroatoms. The molecule has 0 radical (unpaired) electrons. The topological polar surface area (TPSA) is 76.1 Å². The van der Waals surface area contributed by atoms with E-state index in [4.69, 9.17) is 15.7 Å². The summed E-state index contributed by atoms with van der Waals surface area (Å²) in [6.45, 7) is 1.42. The number of ether oxygens (including phenoxy) is 1. The van der Waals surface area contributed by atoms with Gasteiger partial charge in [0, 0.05) is 18.2 Å². The number of nitriles is 1. The molecule has 0 fully saturated rings. The predicted molar refractivity (Wildman–Crippen MR) is 61.0 cm³/mol. The smallest absolute Gasteiger partial charge is 0.302 e. The minimum Gasteiger partial charge on any atom is -0.462 e. The van der Waals surface area contributed by atoms with E-state index in [2.05, 4.69) is 6.07 Å². The third-order valence-electron chi connectivity index (χ3n) is 2.69. The van der Waals surface area contributed by atoms with Gasteiger partial charge in [-0.05, 0) is 18.4 Å². The van der Waals surface area contributed by atoms with E-state index in [1.165, 1.54) is 18.3 Å². The van der Waals surface area contributed by atoms with Gasteiger partial charge in [0.1, 0.15) is 17.2 Å². The first-order valence-corrected chi connectivity index (χ1v) is 5.90. The van der Waals surface area contributed by atoms with Crippen LogP contribution in [0.2, 0.25) is 0 Å². The molecule has 1 aliphatic carbocycles. The lowest BCUT2D eigenvalue weighted by Gasteiger charge is -2.21. The van der Waals surface area contributed by atoms with Gasteiger partial charge in [0.2, 0.25) is 0 Å². The Bertz CT molecular complexity index is 473. The third kappa shape index (κ3) is 1.89. The van der Waals surface area contributed by atoms with Gasteiger partial charge in [0.15, 0.2) is 0 Å². The van der Waals surface area contributed by atoms with Crippen LogP contribution in [0.25, 0.3) is 0 Å². The molecule has 0 amide bonds. The van der Waals surface area contributed by atoms with E-state index in [-0.39, 0.29) is 12.1 Å². The number of nitrogen functional groups attached to an aromatic ring is 1. The fraction of sp³-hybridized carbons (Fsp3) is 0.455. The second-order valence-corrected chi connectivity index (χ2v) is 4.97. The average molecular weight is 236 g/mol. The Labute approximate surface area is 97.6 Å². The number of thiophene rings is 1. The minimum absolute atomic E-state index is 0.0606. The second-order valence-electron chi connectivity index (χ2n) is 3.83. The molecule has 84 valence electrons. The highest BCUT2D eigenvalue weighted by atomic mass is 32.1. The van der Waals surface area contributed by atoms with Gasteiger partial charge in [0.05, 0.1) is 5.56 Å². The highest BCUT2D eigenvalue weighted by Gasteiger charge is 2.26. The maximum Gasteiger partial charge on any atom is 0.302 e. The summed E-state index contributed by atoms with van der Waals surface area (Å²) in [6.07, 6.45) is 2.17. The van der Waals surface area contributed by atoms with Crippen LogP contribution in [-0.4, -0.2) is 12.1 Å². The van der Waals surface area contributed by atoms with Crippen LogP contribution in [0.4, 0.5) is 5.00 Å². The lowest BCUT2D eigenvalue weighted by atomic mass is 9.94. The van der Waals surface area contributed by atoms with E-state index in [1.54, 1.807) is 0 Å². The first kappa shape index (κ1) is 11.0. The van der Waals surface area contributed by atoms with Gasteiger partial charge in [-0.15, -0.1) is 11.3 Å². The fourth-order valence-electron chi connectivity index (χ4n) is 2.03. The van der Waals surface area contributed by atoms with Crippen LogP contribution in [0.5, 0.6) is 0 Å². The second kappa shape index (κ2) is 4.14. The van der Waals surface area contributed by atoms with Crippen molar-refractivity contribution in [2.45, 2.75) is 32.3 Å². The summed E-state index contributed by atoms with van der Waals surface area (Å²) in [5.74, 6) is -0.251. The van der Waals surface area contributed by atoms with Crippen molar-refractivity contribution < 1.29 is 9.53 Å². The molecule has 0 bridgehead atoms. The van der Waals surface area contributed by atoms with Crippen molar-refractivity contribution in [3.05, 3.63) is 16.0 Å². The lowest BCUT2D eigenvalue weighted by Crippen LogP contribution is -2.23. The number of nitrogens with zero attached hydrogens (tertiary/aromatic N) is 1. The molecule has 4 nitrogen and oxygen atoms in total. The molecular weight excluding hydrogens is 224 g/mol. The molecule has 0 aromatic carbocycles. The summed E-state index contributed by atoms with van der Waals surface area (Å²) < 4.78 is 5.17. The monoisotopic (exact) mass is 236 g/mol. The number of anilines is 1. The largest absolute Gasteiger partial charge is 0.462 e. The molecule has 0 saturated heterocycles. The van der Waals surface area contributed by atoms with Gasteiger partial charge in [-0.3, -0.25) is 4.79 Å². The number of rotatable bonds is 1. The fourth-order valence-corrected chi connectivity index (χ4v) is 3.17. The molecule has 0 spiro atoms. The maximum atomic E-state index is 10.9. The van der Waals surface area contributed by atoms with Crippen LogP contribution in [0.15, 0.2) is 0 Å². The zero-order chi connectivity index (χ0) is 11.7. The maximum absolute atomic E-state index is 10.9. The van der Waals surface area contributed by atoms with Crippen LogP contribution < -0.4 is 5.73 Å². The predicted octanol–water partition coefficient (Wildman–Crippen LogP) is 1.62. The Morgan fingerprint density at radius 1 is 1.69 bits per heavy atom. The summed E-state index contributed by atoms with van der Waals surface area (Å²) >= 11 is 1.44. The van der Waals surface area contributed by atoms with Crippen molar-refractivity contribution >= 4 is 22.3 Å². The summed E-state index contributed by atoms with van der Waals surface area (Å²) in [4.78, 5) is 11.9. The van der Waals surface area contributed by atoms with Gasteiger partial charge in [0.25, 0.3) is 0 Å². The number of carbonyl (C=O) groups is 1. The molecule has 1 atom stereocenters. The summed E-state index contributed by atoms with van der Waals surface area (Å²) in [5.41, 5.74) is 7.43. The van der Waals surface area contributed by atoms with Crippen molar-refractivity contribution in [2.75, 3.05) is 5.73 Å². The normalized spacial score (nSPS) is 18.6. The Morgan fingerprint density at radius 3 is 3.06 bits per heavy atom. The summed E-state index contributed by atoms with van der Waals surface area (Å²) in [6, 6.07) is 2.14. The van der Waals surface area contributed by atoms with Crippen LogP contribution in [0.1, 0.15) is 29.3 Å². The van der Waals surface area contributed by atoms with Crippen molar-refractivity contribution in [1.29, 1.82) is 5.26 Å². The minimum atomic E-state index is -0.251. The molecule has 1 unspecified atom stereocenters. The van der Waals surface area contributed by atoms with Gasteiger partial charge >= 0.3 is 5.97 Å². The first-order valence-electron chi connectivity index (χ1n) is 5.09. The van der Waals surface area contributed by atoms with Crippen molar-refractivity contribution in [1.82, 2.24) is 0 Å². The number of hydrogen-bond acceptors (Lipinski definition) is 5. The van der Waals surface area contributed by atoms with Gasteiger partial charge in [-0.25, -0.2) is 0 Å². The molecule has 2 N–H and O–H groups in total. The summed E-state index contributed by atoms with van der Waals surface area (Å²) in [7, 11) is 0. The van der Waals surface area contributed by atoms with E-state index in [9.17, 15) is 4.79 Å². The molecular formula is C11H12N2O2S. The Balaban J connectivity index is 2.23. The Kier molecular flexibility index (Phi) is 2.84. The number of carbonyl (C=O) groups excluding carboxylic acids is 1. The zero-order valence-corrected chi connectivity index (χ0v) is 9.76. The van der Waals surface area contributed by atoms with E-state index >= 15 is 0 Å². The van der Waals surface area contributed by atoms with Crippen LogP contribution in [0, 0.1) is 11.3 Å². The standard InChI is InChI=1S/C11H12N2O2S/c1-6(14)15-7-2-3-8-9(5-12)11(13)16-10(8)4-7/h7H,2-4,13H2,1H3. The number of fused-ring (bicyclic) bond motifs is 1. The highest BCUT2D eigenvalue weighted by molar-refractivity contribution is 7.16. The SMILES string of the molecule is CC(=O)OC1CCc2c(sc(N)c2C#N)C1. The van der Waals surface area contributed by atoms with Gasteiger partial charge in [-0.2, -0.15) is 5.26 Å². The Hall–Kier alpha value is -1.54. The molecule has 1 heterocycles. The average Bonchev–Trinajstić information content (AvgIpc) is 2.51. The molecule has 16 heavy (non-hydrogen) atoms. The molecule has 1 aliphatic rings. The molecule has 1 aromatic heterocycles. The van der Waals surface area contributed by atoms with E-state index < -0.39 is 0 Å². The first-order chi connectivity index (χ1) is 7.61. The third-order valence-corrected chi connectivity index (χ3v) is 3.78. The summed E-state index contributed by atoms with van der Waals surface area (Å²) in [5, 5.41) is 9.55. The number of esters is 1. The van der Waals surface area contributed by atoms with Crippen LogP contribution in [0.3, 0.4) is 0 Å². The number of nitrogens with two attached hydrogens (primary N) is 1. The van der Waals surface area contributed by atoms with Crippen LogP contribution >= 0.6 is 11.3 Å². The zero-order valence-electron chi connectivity index (χ0n) is 8.95. The van der Waals surface area contributed by atoms with Gasteiger partial charge in [-0.1, -0.05) is 0 Å². The van der Waals surface area contributed by atoms with Crippen molar-refractivity contribution in [3.8, 4) is 6.07 Å². The van der Waals surface area contributed by atoms with Crippen molar-refractivity contribution in [2.24, 2.45) is 0 Å². The van der Waals surface area contributed by atoms with E-state index in [1.807, 2.05) is 0 Å². The molecule has 0 aliphatic heterocycles. The van der Waals surface area contributed by atoms with E-state index in [0.29, 0.717) is 17.0 Å².